The highest BCUT2D eigenvalue weighted by Gasteiger charge is 2.33. The minimum Gasteiger partial charge on any atom is -0.480 e. The monoisotopic (exact) mass is 236 g/mol. The van der Waals surface area contributed by atoms with Gasteiger partial charge < -0.3 is 5.11 Å². The maximum atomic E-state index is 11.7. The predicted molar refractivity (Wildman–Crippen MR) is 54.6 cm³/mol. The molecule has 0 amide bonds. The summed E-state index contributed by atoms with van der Waals surface area (Å²) < 4.78 is 26.9. The molecule has 0 aliphatic carbocycles. The van der Waals surface area contributed by atoms with E-state index < -0.39 is 22.2 Å². The average Bonchev–Trinajstić information content (AvgIpc) is 2.50. The van der Waals surface area contributed by atoms with Crippen LogP contribution in [-0.4, -0.2) is 42.4 Å². The lowest BCUT2D eigenvalue weighted by molar-refractivity contribution is -0.138. The third-order valence-electron chi connectivity index (χ3n) is 2.50. The van der Waals surface area contributed by atoms with Crippen LogP contribution in [0.2, 0.25) is 0 Å². The topological polar surface area (TPSA) is 86.7 Å². The molecule has 2 N–H and O–H groups in total. The molecule has 2 atom stereocenters. The quantitative estimate of drug-likeness (QED) is 0.706. The maximum absolute atomic E-state index is 11.7. The van der Waals surface area contributed by atoms with E-state index in [2.05, 4.69) is 4.72 Å². The summed E-state index contributed by atoms with van der Waals surface area (Å²) in [6, 6.07) is -1.15. The highest BCUT2D eigenvalue weighted by molar-refractivity contribution is 7.87. The number of hydrogen-bond acceptors (Lipinski definition) is 3. The van der Waals surface area contributed by atoms with Gasteiger partial charge in [0.2, 0.25) is 0 Å². The fourth-order valence-electron chi connectivity index (χ4n) is 1.61. The second kappa shape index (κ2) is 4.46. The van der Waals surface area contributed by atoms with E-state index in [1.54, 1.807) is 0 Å². The van der Waals surface area contributed by atoms with E-state index in [0.29, 0.717) is 6.54 Å². The minimum absolute atomic E-state index is 0.0523. The van der Waals surface area contributed by atoms with Crippen LogP contribution in [0.4, 0.5) is 0 Å². The summed E-state index contributed by atoms with van der Waals surface area (Å²) in [5.41, 5.74) is 0. The van der Waals surface area contributed by atoms with Crippen LogP contribution in [0.3, 0.4) is 0 Å². The Kier molecular flexibility index (Phi) is 3.69. The van der Waals surface area contributed by atoms with E-state index in [0.717, 1.165) is 12.8 Å². The first-order valence-corrected chi connectivity index (χ1v) is 6.30. The van der Waals surface area contributed by atoms with Crippen molar-refractivity contribution in [3.63, 3.8) is 0 Å². The van der Waals surface area contributed by atoms with Crippen molar-refractivity contribution in [2.24, 2.45) is 0 Å². The van der Waals surface area contributed by atoms with Crippen molar-refractivity contribution in [3.05, 3.63) is 0 Å². The molecule has 0 spiro atoms. The van der Waals surface area contributed by atoms with Crippen molar-refractivity contribution in [3.8, 4) is 0 Å². The van der Waals surface area contributed by atoms with Gasteiger partial charge in [-0.05, 0) is 26.7 Å². The van der Waals surface area contributed by atoms with Gasteiger partial charge in [-0.3, -0.25) is 4.79 Å². The van der Waals surface area contributed by atoms with E-state index in [4.69, 9.17) is 5.11 Å². The smallest absolute Gasteiger partial charge is 0.321 e. The summed E-state index contributed by atoms with van der Waals surface area (Å²) in [7, 11) is -3.65. The van der Waals surface area contributed by atoms with Gasteiger partial charge in [0.1, 0.15) is 6.04 Å². The van der Waals surface area contributed by atoms with E-state index >= 15 is 0 Å². The normalized spacial score (nSPS) is 25.3. The van der Waals surface area contributed by atoms with Crippen molar-refractivity contribution < 1.29 is 18.3 Å². The fourth-order valence-corrected chi connectivity index (χ4v) is 3.24. The lowest BCUT2D eigenvalue weighted by atomic mass is 10.3. The molecule has 2 unspecified atom stereocenters. The zero-order valence-electron chi connectivity index (χ0n) is 8.80. The van der Waals surface area contributed by atoms with Gasteiger partial charge in [0.15, 0.2) is 0 Å². The standard InChI is InChI=1S/C8H16N2O4S/c1-6-4-3-5-10(6)15(13,14)9-7(2)8(11)12/h6-7,9H,3-5H2,1-2H3,(H,11,12). The molecular weight excluding hydrogens is 220 g/mol. The van der Waals surface area contributed by atoms with E-state index in [1.807, 2.05) is 6.92 Å². The zero-order valence-corrected chi connectivity index (χ0v) is 9.62. The molecule has 1 rings (SSSR count). The Morgan fingerprint density at radius 2 is 2.20 bits per heavy atom. The largest absolute Gasteiger partial charge is 0.480 e. The Labute approximate surface area is 89.4 Å². The molecule has 1 fully saturated rings. The van der Waals surface area contributed by atoms with Crippen LogP contribution in [0.25, 0.3) is 0 Å². The SMILES string of the molecule is CC(NS(=O)(=O)N1CCCC1C)C(=O)O. The zero-order chi connectivity index (χ0) is 11.6. The van der Waals surface area contributed by atoms with Crippen molar-refractivity contribution in [2.45, 2.75) is 38.8 Å². The lowest BCUT2D eigenvalue weighted by Crippen LogP contribution is -2.48. The number of aliphatic carboxylic acids is 1. The fraction of sp³-hybridized carbons (Fsp3) is 0.875. The summed E-state index contributed by atoms with van der Waals surface area (Å²) in [6.45, 7) is 3.58. The lowest BCUT2D eigenvalue weighted by Gasteiger charge is -2.22. The minimum atomic E-state index is -3.65. The molecule has 6 nitrogen and oxygen atoms in total. The summed E-state index contributed by atoms with van der Waals surface area (Å²) in [4.78, 5) is 10.5. The third-order valence-corrected chi connectivity index (χ3v) is 4.31. The van der Waals surface area contributed by atoms with Crippen molar-refractivity contribution >= 4 is 16.2 Å². The van der Waals surface area contributed by atoms with Crippen LogP contribution in [0, 0.1) is 0 Å². The van der Waals surface area contributed by atoms with Crippen LogP contribution in [-0.2, 0) is 15.0 Å². The molecule has 0 aromatic heterocycles. The van der Waals surface area contributed by atoms with Gasteiger partial charge in [0, 0.05) is 12.6 Å². The Balaban J connectivity index is 2.71. The molecule has 1 aliphatic rings. The van der Waals surface area contributed by atoms with Gasteiger partial charge >= 0.3 is 5.97 Å². The molecule has 7 heteroatoms. The number of carboxylic acids is 1. The molecule has 1 aliphatic heterocycles. The second-order valence-electron chi connectivity index (χ2n) is 3.78. The molecule has 88 valence electrons. The van der Waals surface area contributed by atoms with E-state index in [1.165, 1.54) is 11.2 Å². The van der Waals surface area contributed by atoms with Gasteiger partial charge in [-0.1, -0.05) is 0 Å². The number of nitrogens with one attached hydrogen (secondary N) is 1. The molecule has 1 saturated heterocycles. The molecular formula is C8H16N2O4S. The number of carboxylic acid groups (broad SMARTS) is 1. The Bertz CT molecular complexity index is 341. The van der Waals surface area contributed by atoms with Gasteiger partial charge in [-0.15, -0.1) is 0 Å². The third kappa shape index (κ3) is 2.90. The summed E-state index contributed by atoms with van der Waals surface area (Å²) in [5, 5.41) is 8.61. The maximum Gasteiger partial charge on any atom is 0.321 e. The van der Waals surface area contributed by atoms with Gasteiger partial charge in [0.25, 0.3) is 10.2 Å². The number of carbonyl (C=O) groups is 1. The van der Waals surface area contributed by atoms with E-state index in [-0.39, 0.29) is 6.04 Å². The first-order chi connectivity index (χ1) is 6.84. The van der Waals surface area contributed by atoms with Crippen LogP contribution < -0.4 is 4.72 Å². The average molecular weight is 236 g/mol. The van der Waals surface area contributed by atoms with Gasteiger partial charge in [-0.25, -0.2) is 0 Å². The van der Waals surface area contributed by atoms with Gasteiger partial charge in [0.05, 0.1) is 0 Å². The Morgan fingerprint density at radius 3 is 2.60 bits per heavy atom. The van der Waals surface area contributed by atoms with Crippen LogP contribution in [0.5, 0.6) is 0 Å². The summed E-state index contributed by atoms with van der Waals surface area (Å²) in [6.07, 6.45) is 1.64. The predicted octanol–water partition coefficient (Wildman–Crippen LogP) is -0.222. The molecule has 0 aromatic rings. The van der Waals surface area contributed by atoms with Crippen LogP contribution in [0.15, 0.2) is 0 Å². The molecule has 0 aromatic carbocycles. The van der Waals surface area contributed by atoms with E-state index in [9.17, 15) is 13.2 Å². The summed E-state index contributed by atoms with van der Waals surface area (Å²) >= 11 is 0. The molecule has 0 radical (unpaired) electrons. The second-order valence-corrected chi connectivity index (χ2v) is 5.44. The summed E-state index contributed by atoms with van der Waals surface area (Å²) in [5.74, 6) is -1.18. The Hall–Kier alpha value is -0.660. The van der Waals surface area contributed by atoms with Gasteiger partial charge in [-0.2, -0.15) is 17.4 Å². The number of hydrogen-bond donors (Lipinski definition) is 2. The van der Waals surface area contributed by atoms with Crippen LogP contribution in [0.1, 0.15) is 26.7 Å². The molecule has 0 bridgehead atoms. The van der Waals surface area contributed by atoms with Crippen molar-refractivity contribution in [1.29, 1.82) is 0 Å². The first kappa shape index (κ1) is 12.4. The Morgan fingerprint density at radius 1 is 1.60 bits per heavy atom. The van der Waals surface area contributed by atoms with Crippen LogP contribution >= 0.6 is 0 Å². The van der Waals surface area contributed by atoms with Crippen molar-refractivity contribution in [2.75, 3.05) is 6.54 Å². The number of nitrogens with zero attached hydrogens (tertiary/aromatic N) is 1. The highest BCUT2D eigenvalue weighted by Crippen LogP contribution is 2.19. The molecule has 1 heterocycles. The molecule has 0 saturated carbocycles. The van der Waals surface area contributed by atoms with Crippen molar-refractivity contribution in [1.82, 2.24) is 9.03 Å². The molecule has 15 heavy (non-hydrogen) atoms. The first-order valence-electron chi connectivity index (χ1n) is 4.86. The number of rotatable bonds is 4. The highest BCUT2D eigenvalue weighted by atomic mass is 32.2.